The fraction of sp³-hybridized carbons (Fsp3) is 0.286. The van der Waals surface area contributed by atoms with E-state index in [1.165, 1.54) is 0 Å². The SMILES string of the molecule is CC(C)c1nccc(C(=O)N2CCn3nc(-c4nc5ccccc5[nH]4)cc3C2)n1. The van der Waals surface area contributed by atoms with Crippen LogP contribution in [0.4, 0.5) is 0 Å². The topological polar surface area (TPSA) is 92.6 Å². The van der Waals surface area contributed by atoms with Crippen molar-refractivity contribution in [1.82, 2.24) is 34.6 Å². The molecule has 0 radical (unpaired) electrons. The van der Waals surface area contributed by atoms with E-state index in [1.807, 2.05) is 53.8 Å². The fourth-order valence-electron chi connectivity index (χ4n) is 3.56. The second-order valence-electron chi connectivity index (χ2n) is 7.53. The molecule has 0 aliphatic carbocycles. The van der Waals surface area contributed by atoms with Gasteiger partial charge in [-0.1, -0.05) is 26.0 Å². The van der Waals surface area contributed by atoms with Crippen LogP contribution in [0.1, 0.15) is 41.8 Å². The van der Waals surface area contributed by atoms with Gasteiger partial charge >= 0.3 is 0 Å². The lowest BCUT2D eigenvalue weighted by Gasteiger charge is -2.27. The van der Waals surface area contributed by atoms with Gasteiger partial charge in [0.2, 0.25) is 0 Å². The molecule has 0 bridgehead atoms. The van der Waals surface area contributed by atoms with Gasteiger partial charge in [-0.15, -0.1) is 0 Å². The number of benzene rings is 1. The number of carbonyl (C=O) groups is 1. The zero-order chi connectivity index (χ0) is 20.0. The highest BCUT2D eigenvalue weighted by molar-refractivity contribution is 5.92. The molecule has 1 aromatic carbocycles. The van der Waals surface area contributed by atoms with Gasteiger partial charge in [0, 0.05) is 18.7 Å². The van der Waals surface area contributed by atoms with Crippen molar-refractivity contribution in [1.29, 1.82) is 0 Å². The van der Waals surface area contributed by atoms with Crippen molar-refractivity contribution in [2.45, 2.75) is 32.9 Å². The predicted molar refractivity (Wildman–Crippen MR) is 108 cm³/mol. The Morgan fingerprint density at radius 1 is 1.14 bits per heavy atom. The molecule has 4 aromatic rings. The molecule has 0 unspecified atom stereocenters. The number of aromatic nitrogens is 6. The standard InChI is InChI=1S/C21H21N7O/c1-13(2)19-22-8-7-17(25-19)21(29)27-9-10-28-14(12-27)11-18(26-28)20-23-15-5-3-4-6-16(15)24-20/h3-8,11,13H,9-10,12H2,1-2H3,(H,23,24). The van der Waals surface area contributed by atoms with E-state index >= 15 is 0 Å². The van der Waals surface area contributed by atoms with E-state index in [9.17, 15) is 4.79 Å². The van der Waals surface area contributed by atoms with Crippen molar-refractivity contribution in [3.63, 3.8) is 0 Å². The number of aromatic amines is 1. The van der Waals surface area contributed by atoms with Crippen LogP contribution in [0.2, 0.25) is 0 Å². The van der Waals surface area contributed by atoms with Gasteiger partial charge in [-0.3, -0.25) is 9.48 Å². The van der Waals surface area contributed by atoms with Gasteiger partial charge < -0.3 is 9.88 Å². The average molecular weight is 387 g/mol. The number of hydrogen-bond acceptors (Lipinski definition) is 5. The molecule has 29 heavy (non-hydrogen) atoms. The molecule has 0 saturated heterocycles. The minimum absolute atomic E-state index is 0.0768. The summed E-state index contributed by atoms with van der Waals surface area (Å²) in [6.45, 7) is 5.76. The Bertz CT molecular complexity index is 1170. The van der Waals surface area contributed by atoms with Gasteiger partial charge in [0.1, 0.15) is 17.2 Å². The summed E-state index contributed by atoms with van der Waals surface area (Å²) >= 11 is 0. The molecule has 1 N–H and O–H groups in total. The number of rotatable bonds is 3. The summed E-state index contributed by atoms with van der Waals surface area (Å²) in [6.07, 6.45) is 1.66. The number of hydrogen-bond donors (Lipinski definition) is 1. The molecule has 8 nitrogen and oxygen atoms in total. The first-order valence-corrected chi connectivity index (χ1v) is 9.72. The van der Waals surface area contributed by atoms with Crippen molar-refractivity contribution < 1.29 is 4.79 Å². The number of para-hydroxylation sites is 2. The van der Waals surface area contributed by atoms with Crippen molar-refractivity contribution in [2.75, 3.05) is 6.54 Å². The third-order valence-corrected chi connectivity index (χ3v) is 5.13. The molecule has 8 heteroatoms. The smallest absolute Gasteiger partial charge is 0.273 e. The van der Waals surface area contributed by atoms with Crippen LogP contribution >= 0.6 is 0 Å². The van der Waals surface area contributed by atoms with Gasteiger partial charge in [0.15, 0.2) is 5.82 Å². The molecule has 3 aromatic heterocycles. The Hall–Kier alpha value is -3.55. The van der Waals surface area contributed by atoms with Crippen LogP contribution in [-0.2, 0) is 13.1 Å². The van der Waals surface area contributed by atoms with Crippen LogP contribution in [0.25, 0.3) is 22.6 Å². The Balaban J connectivity index is 1.40. The molecular weight excluding hydrogens is 366 g/mol. The Morgan fingerprint density at radius 2 is 2.00 bits per heavy atom. The number of H-pyrrole nitrogens is 1. The summed E-state index contributed by atoms with van der Waals surface area (Å²) in [7, 11) is 0. The number of nitrogens with one attached hydrogen (secondary N) is 1. The average Bonchev–Trinajstić information content (AvgIpc) is 3.36. The second-order valence-corrected chi connectivity index (χ2v) is 7.53. The highest BCUT2D eigenvalue weighted by Crippen LogP contribution is 2.23. The minimum Gasteiger partial charge on any atom is -0.337 e. The Morgan fingerprint density at radius 3 is 2.83 bits per heavy atom. The van der Waals surface area contributed by atoms with Crippen molar-refractivity contribution in [2.24, 2.45) is 0 Å². The molecule has 146 valence electrons. The summed E-state index contributed by atoms with van der Waals surface area (Å²) in [5, 5.41) is 4.68. The molecule has 4 heterocycles. The van der Waals surface area contributed by atoms with E-state index in [-0.39, 0.29) is 11.8 Å². The van der Waals surface area contributed by atoms with Crippen molar-refractivity contribution in [3.05, 3.63) is 59.8 Å². The molecule has 1 amide bonds. The van der Waals surface area contributed by atoms with Crippen LogP contribution in [-0.4, -0.2) is 47.1 Å². The first-order chi connectivity index (χ1) is 14.1. The third-order valence-electron chi connectivity index (χ3n) is 5.13. The maximum Gasteiger partial charge on any atom is 0.273 e. The fourth-order valence-corrected chi connectivity index (χ4v) is 3.56. The van der Waals surface area contributed by atoms with E-state index in [0.29, 0.717) is 31.2 Å². The summed E-state index contributed by atoms with van der Waals surface area (Å²) in [4.78, 5) is 31.4. The zero-order valence-electron chi connectivity index (χ0n) is 16.3. The maximum atomic E-state index is 13.0. The van der Waals surface area contributed by atoms with E-state index in [1.54, 1.807) is 12.3 Å². The van der Waals surface area contributed by atoms with Gasteiger partial charge in [-0.05, 0) is 24.3 Å². The first kappa shape index (κ1) is 17.5. The van der Waals surface area contributed by atoms with Crippen LogP contribution in [0.15, 0.2) is 42.6 Å². The Labute approximate surface area is 167 Å². The number of nitrogens with zero attached hydrogens (tertiary/aromatic N) is 6. The lowest BCUT2D eigenvalue weighted by atomic mass is 10.2. The summed E-state index contributed by atoms with van der Waals surface area (Å²) in [6, 6.07) is 11.6. The molecule has 1 aliphatic heterocycles. The van der Waals surface area contributed by atoms with E-state index < -0.39 is 0 Å². The van der Waals surface area contributed by atoms with Crippen LogP contribution in [0, 0.1) is 0 Å². The van der Waals surface area contributed by atoms with E-state index in [2.05, 4.69) is 25.0 Å². The Kier molecular flexibility index (Phi) is 4.12. The van der Waals surface area contributed by atoms with Gasteiger partial charge in [-0.2, -0.15) is 5.10 Å². The molecule has 0 atom stereocenters. The predicted octanol–water partition coefficient (Wildman–Crippen LogP) is 3.00. The number of amides is 1. The zero-order valence-corrected chi connectivity index (χ0v) is 16.3. The van der Waals surface area contributed by atoms with Crippen LogP contribution < -0.4 is 0 Å². The largest absolute Gasteiger partial charge is 0.337 e. The highest BCUT2D eigenvalue weighted by atomic mass is 16.2. The van der Waals surface area contributed by atoms with Gasteiger partial charge in [0.05, 0.1) is 29.8 Å². The van der Waals surface area contributed by atoms with Gasteiger partial charge in [-0.25, -0.2) is 15.0 Å². The quantitative estimate of drug-likeness (QED) is 0.583. The van der Waals surface area contributed by atoms with E-state index in [4.69, 9.17) is 0 Å². The lowest BCUT2D eigenvalue weighted by molar-refractivity contribution is 0.0699. The number of fused-ring (bicyclic) bond motifs is 2. The minimum atomic E-state index is -0.0768. The summed E-state index contributed by atoms with van der Waals surface area (Å²) in [5.74, 6) is 1.53. The van der Waals surface area contributed by atoms with Crippen molar-refractivity contribution in [3.8, 4) is 11.5 Å². The molecule has 0 saturated carbocycles. The molecule has 5 rings (SSSR count). The lowest BCUT2D eigenvalue weighted by Crippen LogP contribution is -2.38. The molecule has 0 fully saturated rings. The monoisotopic (exact) mass is 387 g/mol. The second kappa shape index (κ2) is 6.80. The normalized spacial score (nSPS) is 13.8. The third kappa shape index (κ3) is 3.16. The maximum absolute atomic E-state index is 13.0. The first-order valence-electron chi connectivity index (χ1n) is 9.72. The molecule has 1 aliphatic rings. The van der Waals surface area contributed by atoms with Gasteiger partial charge in [0.25, 0.3) is 5.91 Å². The summed E-state index contributed by atoms with van der Waals surface area (Å²) < 4.78 is 1.95. The van der Waals surface area contributed by atoms with Crippen LogP contribution in [0.5, 0.6) is 0 Å². The highest BCUT2D eigenvalue weighted by Gasteiger charge is 2.25. The van der Waals surface area contributed by atoms with E-state index in [0.717, 1.165) is 28.2 Å². The van der Waals surface area contributed by atoms with Crippen molar-refractivity contribution >= 4 is 16.9 Å². The number of carbonyl (C=O) groups excluding carboxylic acids is 1. The number of imidazole rings is 1. The van der Waals surface area contributed by atoms with Crippen LogP contribution in [0.3, 0.4) is 0 Å². The molecular formula is C21H21N7O. The summed E-state index contributed by atoms with van der Waals surface area (Å²) in [5.41, 5.74) is 4.10. The molecule has 0 spiro atoms.